The number of benzene rings is 4. The highest BCUT2D eigenvalue weighted by atomic mass is 35.5. The highest BCUT2D eigenvalue weighted by Gasteiger charge is 2.41. The number of piperidine rings is 1. The third-order valence-electron chi connectivity index (χ3n) is 9.10. The van der Waals surface area contributed by atoms with Gasteiger partial charge in [-0.25, -0.2) is 0 Å². The van der Waals surface area contributed by atoms with Crippen molar-refractivity contribution in [2.45, 2.75) is 50.5 Å². The van der Waals surface area contributed by atoms with Gasteiger partial charge in [0, 0.05) is 47.4 Å². The van der Waals surface area contributed by atoms with Gasteiger partial charge in [-0.1, -0.05) is 85.3 Å². The third-order valence-corrected chi connectivity index (χ3v) is 9.36. The Labute approximate surface area is 269 Å². The zero-order valence-corrected chi connectivity index (χ0v) is 26.1. The van der Waals surface area contributed by atoms with E-state index >= 15 is 0 Å². The van der Waals surface area contributed by atoms with Gasteiger partial charge in [0.15, 0.2) is 6.29 Å². The fraction of sp³-hybridized carbons (Fsp3) is 0.324. The Morgan fingerprint density at radius 1 is 0.889 bits per heavy atom. The van der Waals surface area contributed by atoms with E-state index in [0.29, 0.717) is 35.7 Å². The monoisotopic (exact) mass is 626 g/mol. The molecule has 0 aromatic heterocycles. The summed E-state index contributed by atoms with van der Waals surface area (Å²) in [6.45, 7) is 4.32. The Kier molecular flexibility index (Phi) is 9.66. The van der Waals surface area contributed by atoms with Gasteiger partial charge in [-0.3, -0.25) is 4.79 Å². The molecule has 2 heterocycles. The minimum atomic E-state index is -0.875. The van der Waals surface area contributed by atoms with Gasteiger partial charge in [0.05, 0.1) is 24.4 Å². The quantitative estimate of drug-likeness (QED) is 0.198. The average molecular weight is 627 g/mol. The maximum atomic E-state index is 12.6. The highest BCUT2D eigenvalue weighted by molar-refractivity contribution is 6.30. The summed E-state index contributed by atoms with van der Waals surface area (Å²) in [7, 11) is 0. The van der Waals surface area contributed by atoms with Crippen molar-refractivity contribution in [1.82, 2.24) is 4.90 Å². The van der Waals surface area contributed by atoms with Crippen LogP contribution < -0.4 is 5.32 Å². The largest absolute Gasteiger partial charge is 0.392 e. The molecule has 3 N–H and O–H groups in total. The molecule has 7 nitrogen and oxygen atoms in total. The molecule has 0 aliphatic carbocycles. The maximum absolute atomic E-state index is 12.6. The number of nitrogens with zero attached hydrogens (tertiary/aromatic N) is 1. The lowest BCUT2D eigenvalue weighted by Crippen LogP contribution is -2.49. The first-order valence-electron chi connectivity index (χ1n) is 15.5. The van der Waals surface area contributed by atoms with Crippen LogP contribution in [0.4, 0.5) is 5.69 Å². The van der Waals surface area contributed by atoms with Gasteiger partial charge in [0.1, 0.15) is 0 Å². The van der Waals surface area contributed by atoms with E-state index in [1.165, 1.54) is 0 Å². The number of aliphatic hydroxyl groups is 2. The standard InChI is InChI=1S/C37H39ClN2O5/c1-25-33(23-40-21-19-37(43,20-22-40)30-13-15-31(38)16-14-30)44-36(45-34(25)27-9-7-26(24-41)8-10-27)29-11-17-32(18-12-29)39-35(42)28-5-3-2-4-6-28/h2-18,25,33-34,36,41,43H,19-24H2,1H3,(H,39,42)/t25-,33+,34+,36+/m1/s1. The highest BCUT2D eigenvalue weighted by Crippen LogP contribution is 2.43. The third kappa shape index (κ3) is 7.31. The number of anilines is 1. The zero-order chi connectivity index (χ0) is 31.4. The van der Waals surface area contributed by atoms with Crippen molar-refractivity contribution in [3.8, 4) is 0 Å². The van der Waals surface area contributed by atoms with E-state index in [1.54, 1.807) is 12.1 Å². The summed E-state index contributed by atoms with van der Waals surface area (Å²) in [5, 5.41) is 24.6. The van der Waals surface area contributed by atoms with Crippen molar-refractivity contribution < 1.29 is 24.5 Å². The lowest BCUT2D eigenvalue weighted by Gasteiger charge is -2.45. The smallest absolute Gasteiger partial charge is 0.255 e. The summed E-state index contributed by atoms with van der Waals surface area (Å²) < 4.78 is 13.3. The maximum Gasteiger partial charge on any atom is 0.255 e. The van der Waals surface area contributed by atoms with Crippen LogP contribution in [0.5, 0.6) is 0 Å². The molecular weight excluding hydrogens is 588 g/mol. The molecule has 0 radical (unpaired) electrons. The molecule has 0 unspecified atom stereocenters. The number of carbonyl (C=O) groups excluding carboxylic acids is 1. The number of hydrogen-bond acceptors (Lipinski definition) is 6. The summed E-state index contributed by atoms with van der Waals surface area (Å²) in [5.74, 6) is -0.124. The topological polar surface area (TPSA) is 91.3 Å². The Morgan fingerprint density at radius 3 is 2.18 bits per heavy atom. The first-order valence-corrected chi connectivity index (χ1v) is 15.9. The van der Waals surface area contributed by atoms with Gasteiger partial charge in [-0.05, 0) is 65.9 Å². The van der Waals surface area contributed by atoms with E-state index in [2.05, 4.69) is 17.1 Å². The number of likely N-dealkylation sites (tertiary alicyclic amines) is 1. The van der Waals surface area contributed by atoms with Crippen molar-refractivity contribution in [2.75, 3.05) is 25.0 Å². The van der Waals surface area contributed by atoms with Crippen LogP contribution in [0.3, 0.4) is 0 Å². The molecule has 45 heavy (non-hydrogen) atoms. The average Bonchev–Trinajstić information content (AvgIpc) is 3.08. The molecule has 4 atom stereocenters. The lowest BCUT2D eigenvalue weighted by atomic mass is 9.84. The normalized spacial score (nSPS) is 23.4. The molecule has 4 aromatic carbocycles. The van der Waals surface area contributed by atoms with Crippen LogP contribution in [0.25, 0.3) is 0 Å². The molecule has 1 amide bonds. The zero-order valence-electron chi connectivity index (χ0n) is 25.3. The van der Waals surface area contributed by atoms with E-state index in [0.717, 1.165) is 35.3 Å². The predicted octanol–water partition coefficient (Wildman–Crippen LogP) is 6.86. The molecule has 6 rings (SSSR count). The second kappa shape index (κ2) is 13.8. The molecule has 2 fully saturated rings. The molecule has 0 saturated carbocycles. The van der Waals surface area contributed by atoms with Crippen LogP contribution >= 0.6 is 11.6 Å². The van der Waals surface area contributed by atoms with Crippen molar-refractivity contribution >= 4 is 23.2 Å². The molecule has 234 valence electrons. The van der Waals surface area contributed by atoms with E-state index in [1.807, 2.05) is 91.0 Å². The number of carbonyl (C=O) groups is 1. The Hall–Kier alpha value is -3.56. The summed E-state index contributed by atoms with van der Waals surface area (Å²) in [4.78, 5) is 15.0. The lowest BCUT2D eigenvalue weighted by molar-refractivity contribution is -0.277. The molecule has 2 saturated heterocycles. The van der Waals surface area contributed by atoms with Gasteiger partial charge >= 0.3 is 0 Å². The van der Waals surface area contributed by atoms with E-state index in [4.69, 9.17) is 21.1 Å². The molecule has 8 heteroatoms. The number of halogens is 1. The van der Waals surface area contributed by atoms with E-state index in [9.17, 15) is 15.0 Å². The van der Waals surface area contributed by atoms with Gasteiger partial charge in [-0.15, -0.1) is 0 Å². The van der Waals surface area contributed by atoms with Crippen LogP contribution in [0, 0.1) is 5.92 Å². The first kappa shape index (κ1) is 31.4. The van der Waals surface area contributed by atoms with Crippen LogP contribution in [-0.2, 0) is 21.7 Å². The number of ether oxygens (including phenoxy) is 2. The Morgan fingerprint density at radius 2 is 1.53 bits per heavy atom. The van der Waals surface area contributed by atoms with Crippen molar-refractivity contribution in [2.24, 2.45) is 5.92 Å². The number of rotatable bonds is 8. The molecule has 0 spiro atoms. The molecular formula is C37H39ClN2O5. The summed E-state index contributed by atoms with van der Waals surface area (Å²) in [5.41, 5.74) is 4.04. The van der Waals surface area contributed by atoms with Crippen LogP contribution in [-0.4, -0.2) is 46.8 Å². The minimum absolute atomic E-state index is 0.0137. The molecule has 0 bridgehead atoms. The van der Waals surface area contributed by atoms with Crippen LogP contribution in [0.15, 0.2) is 103 Å². The van der Waals surface area contributed by atoms with E-state index < -0.39 is 11.9 Å². The number of aliphatic hydroxyl groups excluding tert-OH is 1. The summed E-state index contributed by atoms with van der Waals surface area (Å²) in [6, 6.07) is 32.1. The van der Waals surface area contributed by atoms with Crippen LogP contribution in [0.2, 0.25) is 5.02 Å². The number of hydrogen-bond donors (Lipinski definition) is 3. The number of amides is 1. The second-order valence-corrected chi connectivity index (χ2v) is 12.5. The first-order chi connectivity index (χ1) is 21.8. The van der Waals surface area contributed by atoms with Gasteiger partial charge in [0.25, 0.3) is 5.91 Å². The SMILES string of the molecule is C[C@@H]1[C@H](CN2CCC(O)(c3ccc(Cl)cc3)CC2)O[C@H](c2ccc(NC(=O)c3ccccc3)cc2)O[C@@H]1c1ccc(CO)cc1. The minimum Gasteiger partial charge on any atom is -0.392 e. The van der Waals surface area contributed by atoms with E-state index in [-0.39, 0.29) is 30.6 Å². The molecule has 2 aliphatic rings. The van der Waals surface area contributed by atoms with Gasteiger partial charge in [0.2, 0.25) is 0 Å². The van der Waals surface area contributed by atoms with Gasteiger partial charge < -0.3 is 29.9 Å². The van der Waals surface area contributed by atoms with Crippen LogP contribution in [0.1, 0.15) is 64.8 Å². The van der Waals surface area contributed by atoms with Gasteiger partial charge in [-0.2, -0.15) is 0 Å². The number of nitrogens with one attached hydrogen (secondary N) is 1. The molecule has 2 aliphatic heterocycles. The summed E-state index contributed by atoms with van der Waals surface area (Å²) >= 11 is 6.08. The fourth-order valence-corrected chi connectivity index (χ4v) is 6.38. The Bertz CT molecular complexity index is 1560. The Balaban J connectivity index is 1.17. The fourth-order valence-electron chi connectivity index (χ4n) is 6.25. The van der Waals surface area contributed by atoms with Crippen molar-refractivity contribution in [3.05, 3.63) is 136 Å². The predicted molar refractivity (Wildman–Crippen MR) is 175 cm³/mol. The molecule has 4 aromatic rings. The second-order valence-electron chi connectivity index (χ2n) is 12.1. The summed E-state index contributed by atoms with van der Waals surface area (Å²) in [6.07, 6.45) is 0.277. The van der Waals surface area contributed by atoms with Crippen molar-refractivity contribution in [1.29, 1.82) is 0 Å². The van der Waals surface area contributed by atoms with Crippen molar-refractivity contribution in [3.63, 3.8) is 0 Å².